The summed E-state index contributed by atoms with van der Waals surface area (Å²) in [7, 11) is 1.87. The van der Waals surface area contributed by atoms with E-state index in [-0.39, 0.29) is 29.6 Å². The molecule has 0 fully saturated rings. The molecule has 4 nitrogen and oxygen atoms in total. The van der Waals surface area contributed by atoms with Crippen molar-refractivity contribution in [2.24, 2.45) is 7.05 Å². The topological polar surface area (TPSA) is 54.3 Å². The van der Waals surface area contributed by atoms with Crippen molar-refractivity contribution in [2.45, 2.75) is 32.5 Å². The van der Waals surface area contributed by atoms with Gasteiger partial charge in [-0.05, 0) is 32.4 Å². The van der Waals surface area contributed by atoms with Crippen LogP contribution in [0.2, 0.25) is 0 Å². The van der Waals surface area contributed by atoms with E-state index in [0.29, 0.717) is 5.69 Å². The zero-order valence-corrected chi connectivity index (χ0v) is 17.9. The van der Waals surface area contributed by atoms with Crippen LogP contribution >= 0.6 is 0 Å². The monoisotopic (exact) mass is 359 g/mol. The quantitative estimate of drug-likeness (QED) is 0.636. The smallest absolute Gasteiger partial charge is 0.547 e. The molecule has 0 saturated carbocycles. The van der Waals surface area contributed by atoms with E-state index in [1.807, 2.05) is 87.0 Å². The van der Waals surface area contributed by atoms with Crippen LogP contribution in [0, 0.1) is 0 Å². The first-order valence-electron chi connectivity index (χ1n) is 8.31. The number of para-hydroxylation sites is 1. The largest absolute Gasteiger partial charge is 1.00 e. The number of ether oxygens (including phenoxy) is 1. The number of carboxylic acid groups (broad SMARTS) is 1. The Morgan fingerprint density at radius 2 is 1.62 bits per heavy atom. The number of aromatic nitrogens is 1. The van der Waals surface area contributed by atoms with Gasteiger partial charge in [-0.1, -0.05) is 48.5 Å². The van der Waals surface area contributed by atoms with E-state index < -0.39 is 17.7 Å². The molecule has 0 bridgehead atoms. The van der Waals surface area contributed by atoms with Crippen LogP contribution in [-0.2, 0) is 16.6 Å². The van der Waals surface area contributed by atoms with Crippen molar-refractivity contribution >= 4 is 16.9 Å². The molecule has 130 valence electrons. The van der Waals surface area contributed by atoms with Crippen molar-refractivity contribution in [1.29, 1.82) is 0 Å². The summed E-state index contributed by atoms with van der Waals surface area (Å²) in [6.07, 6.45) is -1.16. The molecule has 3 rings (SSSR count). The van der Waals surface area contributed by atoms with Crippen LogP contribution in [0.1, 0.15) is 32.6 Å². The first-order chi connectivity index (χ1) is 11.8. The molecule has 5 heteroatoms. The van der Waals surface area contributed by atoms with Crippen LogP contribution in [-0.4, -0.2) is 16.1 Å². The van der Waals surface area contributed by atoms with Crippen LogP contribution in [0.5, 0.6) is 0 Å². The molecule has 0 N–H and O–H groups in total. The standard InChI is InChI=1S/C21H23NO3.Na/c1-21(2,3)25-19(20(23)24)18-17(14-10-6-5-7-11-14)15-12-8-9-13-16(15)22(18)4;/h5-13,19H,1-4H3,(H,23,24);/q;+1/p-1. The summed E-state index contributed by atoms with van der Waals surface area (Å²) in [6.45, 7) is 5.52. The van der Waals surface area contributed by atoms with E-state index in [9.17, 15) is 9.90 Å². The van der Waals surface area contributed by atoms with Crippen molar-refractivity contribution < 1.29 is 44.2 Å². The summed E-state index contributed by atoms with van der Waals surface area (Å²) in [5.41, 5.74) is 2.77. The summed E-state index contributed by atoms with van der Waals surface area (Å²) in [5, 5.41) is 12.9. The molecule has 0 aliphatic heterocycles. The Hall–Kier alpha value is -1.59. The fourth-order valence-corrected chi connectivity index (χ4v) is 3.20. The van der Waals surface area contributed by atoms with E-state index in [4.69, 9.17) is 4.74 Å². The van der Waals surface area contributed by atoms with Crippen molar-refractivity contribution in [2.75, 3.05) is 0 Å². The Bertz CT molecular complexity index is 910. The SMILES string of the molecule is Cn1c(C(OC(C)(C)C)C(=O)[O-])c(-c2ccccc2)c2ccccc21.[Na+]. The number of hydrogen-bond acceptors (Lipinski definition) is 3. The number of carbonyl (C=O) groups is 1. The van der Waals surface area contributed by atoms with Crippen LogP contribution in [0.15, 0.2) is 54.6 Å². The molecule has 26 heavy (non-hydrogen) atoms. The van der Waals surface area contributed by atoms with Crippen molar-refractivity contribution in [3.63, 3.8) is 0 Å². The zero-order valence-electron chi connectivity index (χ0n) is 15.9. The van der Waals surface area contributed by atoms with Gasteiger partial charge in [-0.15, -0.1) is 0 Å². The fraction of sp³-hybridized carbons (Fsp3) is 0.286. The second-order valence-electron chi connectivity index (χ2n) is 7.13. The molecule has 0 aliphatic rings. The van der Waals surface area contributed by atoms with Gasteiger partial charge < -0.3 is 19.2 Å². The Morgan fingerprint density at radius 3 is 2.19 bits per heavy atom. The maximum atomic E-state index is 11.9. The third kappa shape index (κ3) is 4.04. The van der Waals surface area contributed by atoms with Gasteiger partial charge >= 0.3 is 29.6 Å². The van der Waals surface area contributed by atoms with Gasteiger partial charge in [0.05, 0.1) is 17.3 Å². The maximum absolute atomic E-state index is 11.9. The average Bonchev–Trinajstić information content (AvgIpc) is 2.85. The number of aryl methyl sites for hydroxylation is 1. The van der Waals surface area contributed by atoms with Gasteiger partial charge in [0.2, 0.25) is 0 Å². The molecule has 3 aromatic rings. The summed E-state index contributed by atoms with van der Waals surface area (Å²) >= 11 is 0. The van der Waals surface area contributed by atoms with Gasteiger partial charge in [0.1, 0.15) is 6.10 Å². The number of carboxylic acids is 1. The number of nitrogens with zero attached hydrogens (tertiary/aromatic N) is 1. The zero-order chi connectivity index (χ0) is 18.2. The molecule has 1 heterocycles. The second kappa shape index (κ2) is 7.97. The Morgan fingerprint density at radius 1 is 1.04 bits per heavy atom. The van der Waals surface area contributed by atoms with Gasteiger partial charge in [-0.3, -0.25) is 0 Å². The maximum Gasteiger partial charge on any atom is 1.00 e. The van der Waals surface area contributed by atoms with E-state index in [1.165, 1.54) is 0 Å². The van der Waals surface area contributed by atoms with E-state index in [0.717, 1.165) is 22.0 Å². The second-order valence-corrected chi connectivity index (χ2v) is 7.13. The van der Waals surface area contributed by atoms with Crippen molar-refractivity contribution in [1.82, 2.24) is 4.57 Å². The Labute approximate surface area is 176 Å². The Balaban J connectivity index is 0.00000243. The van der Waals surface area contributed by atoms with Crippen molar-refractivity contribution in [3.05, 3.63) is 60.3 Å². The van der Waals surface area contributed by atoms with Gasteiger partial charge in [-0.2, -0.15) is 0 Å². The van der Waals surface area contributed by atoms with E-state index in [2.05, 4.69) is 0 Å². The first kappa shape index (κ1) is 20.7. The minimum atomic E-state index is -1.24. The molecular weight excluding hydrogens is 337 g/mol. The number of carbonyl (C=O) groups excluding carboxylic acids is 1. The predicted octanol–water partition coefficient (Wildman–Crippen LogP) is 0.455. The summed E-state index contributed by atoms with van der Waals surface area (Å²) < 4.78 is 7.77. The molecule has 0 radical (unpaired) electrons. The number of fused-ring (bicyclic) bond motifs is 1. The molecule has 0 aliphatic carbocycles. The summed E-state index contributed by atoms with van der Waals surface area (Å²) in [4.78, 5) is 11.9. The number of aliphatic carboxylic acids is 1. The van der Waals surface area contributed by atoms with Gasteiger partial charge in [-0.25, -0.2) is 0 Å². The van der Waals surface area contributed by atoms with E-state index >= 15 is 0 Å². The molecule has 0 spiro atoms. The number of hydrogen-bond donors (Lipinski definition) is 0. The molecule has 0 saturated heterocycles. The van der Waals surface area contributed by atoms with Crippen LogP contribution in [0.3, 0.4) is 0 Å². The van der Waals surface area contributed by atoms with Crippen LogP contribution < -0.4 is 34.7 Å². The summed E-state index contributed by atoms with van der Waals surface area (Å²) in [5.74, 6) is -1.24. The minimum Gasteiger partial charge on any atom is -0.547 e. The fourth-order valence-electron chi connectivity index (χ4n) is 3.20. The minimum absolute atomic E-state index is 0. The van der Waals surface area contributed by atoms with Crippen molar-refractivity contribution in [3.8, 4) is 11.1 Å². The molecule has 0 amide bonds. The van der Waals surface area contributed by atoms with Gasteiger partial charge in [0.15, 0.2) is 0 Å². The molecule has 1 atom stereocenters. The molecular formula is C21H22NNaO3. The predicted molar refractivity (Wildman–Crippen MR) is 96.9 cm³/mol. The third-order valence-electron chi connectivity index (χ3n) is 4.15. The Kier molecular flexibility index (Phi) is 6.35. The molecule has 1 unspecified atom stereocenters. The van der Waals surface area contributed by atoms with Gasteiger partial charge in [0.25, 0.3) is 0 Å². The number of benzene rings is 2. The van der Waals surface area contributed by atoms with Crippen LogP contribution in [0.25, 0.3) is 22.0 Å². The normalized spacial score (nSPS) is 12.6. The van der Waals surface area contributed by atoms with Crippen LogP contribution in [0.4, 0.5) is 0 Å². The molecule has 2 aromatic carbocycles. The third-order valence-corrected chi connectivity index (χ3v) is 4.15. The molecule has 1 aromatic heterocycles. The first-order valence-corrected chi connectivity index (χ1v) is 8.31. The van der Waals surface area contributed by atoms with E-state index in [1.54, 1.807) is 0 Å². The van der Waals surface area contributed by atoms with Gasteiger partial charge in [0, 0.05) is 23.5 Å². The summed E-state index contributed by atoms with van der Waals surface area (Å²) in [6, 6.07) is 17.7. The average molecular weight is 359 g/mol. The number of rotatable bonds is 4.